The van der Waals surface area contributed by atoms with E-state index in [1.807, 2.05) is 9.80 Å². The normalized spacial score (nSPS) is 27.4. The van der Waals surface area contributed by atoms with Crippen LogP contribution in [0.1, 0.15) is 11.1 Å². The van der Waals surface area contributed by atoms with Gasteiger partial charge in [-0.25, -0.2) is 8.42 Å². The van der Waals surface area contributed by atoms with E-state index in [9.17, 15) is 21.6 Å². The number of rotatable bonds is 4. The van der Waals surface area contributed by atoms with Crippen molar-refractivity contribution in [3.05, 3.63) is 35.4 Å². The second kappa shape index (κ2) is 6.86. The molecule has 2 aliphatic heterocycles. The molecule has 5 nitrogen and oxygen atoms in total. The molecule has 1 aromatic rings. The van der Waals surface area contributed by atoms with Gasteiger partial charge in [0.2, 0.25) is 0 Å². The number of hydrogen-bond acceptors (Lipinski definition) is 5. The van der Waals surface area contributed by atoms with E-state index < -0.39 is 21.6 Å². The Bertz CT molecular complexity index is 724. The molecule has 140 valence electrons. The molecule has 2 saturated heterocycles. The molecule has 0 aliphatic carbocycles. The van der Waals surface area contributed by atoms with Gasteiger partial charge in [-0.3, -0.25) is 9.80 Å². The highest BCUT2D eigenvalue weighted by atomic mass is 32.2. The number of β-amino-alcohol motifs (C(OH)–C–C–N with tert-alkyl or cyclic N) is 1. The van der Waals surface area contributed by atoms with Crippen molar-refractivity contribution >= 4 is 9.84 Å². The monoisotopic (exact) mass is 378 g/mol. The van der Waals surface area contributed by atoms with Crippen LogP contribution >= 0.6 is 0 Å². The van der Waals surface area contributed by atoms with Gasteiger partial charge >= 0.3 is 6.18 Å². The first-order valence-electron chi connectivity index (χ1n) is 8.15. The van der Waals surface area contributed by atoms with E-state index in [1.165, 1.54) is 6.07 Å². The van der Waals surface area contributed by atoms with Crippen molar-refractivity contribution in [2.24, 2.45) is 0 Å². The number of alkyl halides is 3. The Morgan fingerprint density at radius 1 is 1.12 bits per heavy atom. The quantitative estimate of drug-likeness (QED) is 0.847. The Labute approximate surface area is 145 Å². The maximum atomic E-state index is 12.9. The SMILES string of the molecule is O=S1(=O)CC2C(C1)N(Cc1cccc(C(F)(F)F)c1)CCN2CCO. The van der Waals surface area contributed by atoms with E-state index in [-0.39, 0.29) is 36.7 Å². The van der Waals surface area contributed by atoms with Gasteiger partial charge in [0.1, 0.15) is 0 Å². The summed E-state index contributed by atoms with van der Waals surface area (Å²) in [6.45, 7) is 1.81. The summed E-state index contributed by atoms with van der Waals surface area (Å²) >= 11 is 0. The Balaban J connectivity index is 1.79. The predicted octanol–water partition coefficient (Wildman–Crippen LogP) is 0.981. The molecule has 25 heavy (non-hydrogen) atoms. The van der Waals surface area contributed by atoms with Crippen molar-refractivity contribution in [1.82, 2.24) is 9.80 Å². The van der Waals surface area contributed by atoms with Crippen LogP contribution in [-0.4, -0.2) is 73.2 Å². The number of aliphatic hydroxyl groups is 1. The molecule has 0 aromatic heterocycles. The van der Waals surface area contributed by atoms with E-state index in [1.54, 1.807) is 6.07 Å². The summed E-state index contributed by atoms with van der Waals surface area (Å²) in [6.07, 6.45) is -4.39. The van der Waals surface area contributed by atoms with Crippen LogP contribution in [0.4, 0.5) is 13.2 Å². The summed E-state index contributed by atoms with van der Waals surface area (Å²) in [5.41, 5.74) is -0.173. The van der Waals surface area contributed by atoms with Gasteiger partial charge in [-0.2, -0.15) is 13.2 Å². The molecule has 1 N–H and O–H groups in total. The van der Waals surface area contributed by atoms with Gasteiger partial charge in [-0.15, -0.1) is 0 Å². The fourth-order valence-electron chi connectivity index (χ4n) is 3.78. The van der Waals surface area contributed by atoms with Gasteiger partial charge in [0.25, 0.3) is 0 Å². The fraction of sp³-hybridized carbons (Fsp3) is 0.625. The molecule has 0 radical (unpaired) electrons. The van der Waals surface area contributed by atoms with Gasteiger partial charge in [-0.1, -0.05) is 18.2 Å². The largest absolute Gasteiger partial charge is 0.416 e. The molecule has 9 heteroatoms. The molecule has 0 amide bonds. The van der Waals surface area contributed by atoms with Crippen LogP contribution in [-0.2, 0) is 22.6 Å². The average Bonchev–Trinajstić information content (AvgIpc) is 2.85. The van der Waals surface area contributed by atoms with E-state index in [0.717, 1.165) is 12.1 Å². The molecule has 1 aromatic carbocycles. The number of halogens is 3. The second-order valence-corrected chi connectivity index (χ2v) is 8.79. The van der Waals surface area contributed by atoms with Crippen LogP contribution in [0.2, 0.25) is 0 Å². The molecular weight excluding hydrogens is 357 g/mol. The van der Waals surface area contributed by atoms with Crippen LogP contribution in [0.25, 0.3) is 0 Å². The third kappa shape index (κ3) is 4.16. The predicted molar refractivity (Wildman–Crippen MR) is 86.7 cm³/mol. The van der Waals surface area contributed by atoms with Crippen molar-refractivity contribution < 1.29 is 26.7 Å². The van der Waals surface area contributed by atoms with Gasteiger partial charge in [-0.05, 0) is 11.6 Å². The molecule has 2 atom stereocenters. The molecule has 2 unspecified atom stereocenters. The van der Waals surface area contributed by atoms with Crippen LogP contribution in [0, 0.1) is 0 Å². The third-order valence-corrected chi connectivity index (χ3v) is 6.63. The summed E-state index contributed by atoms with van der Waals surface area (Å²) in [5, 5.41) is 9.17. The number of fused-ring (bicyclic) bond motifs is 1. The van der Waals surface area contributed by atoms with Crippen LogP contribution in [0.15, 0.2) is 24.3 Å². The number of sulfone groups is 1. The fourth-order valence-corrected chi connectivity index (χ4v) is 5.82. The molecule has 0 bridgehead atoms. The lowest BCUT2D eigenvalue weighted by Crippen LogP contribution is -2.59. The highest BCUT2D eigenvalue weighted by molar-refractivity contribution is 7.91. The topological polar surface area (TPSA) is 60.9 Å². The van der Waals surface area contributed by atoms with Crippen molar-refractivity contribution in [1.29, 1.82) is 0 Å². The highest BCUT2D eigenvalue weighted by Gasteiger charge is 2.46. The van der Waals surface area contributed by atoms with Crippen LogP contribution < -0.4 is 0 Å². The zero-order chi connectivity index (χ0) is 18.2. The molecule has 3 rings (SSSR count). The molecule has 2 heterocycles. The van der Waals surface area contributed by atoms with Crippen molar-refractivity contribution in [3.63, 3.8) is 0 Å². The zero-order valence-electron chi connectivity index (χ0n) is 13.6. The standard InChI is InChI=1S/C16H21F3N2O3S/c17-16(18,19)13-3-1-2-12(8-13)9-21-5-4-20(6-7-22)14-10-25(23,24)11-15(14)21/h1-3,8,14-15,22H,4-7,9-11H2. The first-order valence-corrected chi connectivity index (χ1v) is 9.97. The Hall–Kier alpha value is -1.16. The van der Waals surface area contributed by atoms with Crippen LogP contribution in [0.3, 0.4) is 0 Å². The Kier molecular flexibility index (Phi) is 5.11. The summed E-state index contributed by atoms with van der Waals surface area (Å²) < 4.78 is 62.8. The van der Waals surface area contributed by atoms with E-state index in [2.05, 4.69) is 0 Å². The summed E-state index contributed by atoms with van der Waals surface area (Å²) in [4.78, 5) is 3.93. The maximum absolute atomic E-state index is 12.9. The first-order chi connectivity index (χ1) is 11.7. The Morgan fingerprint density at radius 2 is 1.76 bits per heavy atom. The average molecular weight is 378 g/mol. The zero-order valence-corrected chi connectivity index (χ0v) is 14.4. The lowest BCUT2D eigenvalue weighted by molar-refractivity contribution is -0.137. The molecule has 0 saturated carbocycles. The third-order valence-electron chi connectivity index (χ3n) is 4.93. The van der Waals surface area contributed by atoms with Crippen molar-refractivity contribution in [3.8, 4) is 0 Å². The summed E-state index contributed by atoms with van der Waals surface area (Å²) in [7, 11) is -3.18. The lowest BCUT2D eigenvalue weighted by atomic mass is 10.0. The lowest BCUT2D eigenvalue weighted by Gasteiger charge is -2.43. The Morgan fingerprint density at radius 3 is 2.40 bits per heavy atom. The van der Waals surface area contributed by atoms with Crippen LogP contribution in [0.5, 0.6) is 0 Å². The first kappa shape index (κ1) is 18.6. The molecule has 2 fully saturated rings. The van der Waals surface area contributed by atoms with E-state index in [4.69, 9.17) is 5.11 Å². The number of benzene rings is 1. The second-order valence-electron chi connectivity index (χ2n) is 6.64. The van der Waals surface area contributed by atoms with Gasteiger partial charge < -0.3 is 5.11 Å². The number of aliphatic hydroxyl groups excluding tert-OH is 1. The number of nitrogens with zero attached hydrogens (tertiary/aromatic N) is 2. The molecular formula is C16H21F3N2O3S. The van der Waals surface area contributed by atoms with E-state index >= 15 is 0 Å². The minimum atomic E-state index is -4.39. The number of piperazine rings is 1. The minimum Gasteiger partial charge on any atom is -0.395 e. The smallest absolute Gasteiger partial charge is 0.395 e. The van der Waals surface area contributed by atoms with Crippen molar-refractivity contribution in [2.45, 2.75) is 24.8 Å². The molecule has 2 aliphatic rings. The number of hydrogen-bond donors (Lipinski definition) is 1. The van der Waals surface area contributed by atoms with Gasteiger partial charge in [0, 0.05) is 38.3 Å². The summed E-state index contributed by atoms with van der Waals surface area (Å²) in [6, 6.07) is 4.71. The highest BCUT2D eigenvalue weighted by Crippen LogP contribution is 2.31. The molecule has 0 spiro atoms. The maximum Gasteiger partial charge on any atom is 0.416 e. The van der Waals surface area contributed by atoms with Crippen molar-refractivity contribution in [2.75, 3.05) is 37.7 Å². The minimum absolute atomic E-state index is 0.0125. The van der Waals surface area contributed by atoms with E-state index in [0.29, 0.717) is 25.2 Å². The summed E-state index contributed by atoms with van der Waals surface area (Å²) in [5.74, 6) is 0.0509. The van der Waals surface area contributed by atoms with Gasteiger partial charge in [0.05, 0.1) is 23.7 Å². The van der Waals surface area contributed by atoms with Gasteiger partial charge in [0.15, 0.2) is 9.84 Å².